The van der Waals surface area contributed by atoms with E-state index in [1.807, 2.05) is 0 Å². The maximum Gasteiger partial charge on any atom is 0.0622 e. The lowest BCUT2D eigenvalue weighted by Crippen LogP contribution is -2.52. The van der Waals surface area contributed by atoms with Gasteiger partial charge in [-0.25, -0.2) is 0 Å². The molecule has 22 heavy (non-hydrogen) atoms. The van der Waals surface area contributed by atoms with Crippen molar-refractivity contribution in [3.05, 3.63) is 11.6 Å². The summed E-state index contributed by atoms with van der Waals surface area (Å²) in [5.41, 5.74) is 1.57. The Labute approximate surface area is 133 Å². The van der Waals surface area contributed by atoms with Gasteiger partial charge in [-0.3, -0.25) is 0 Å². The maximum atomic E-state index is 10.6. The fourth-order valence-electron chi connectivity index (χ4n) is 6.68. The molecule has 4 aliphatic carbocycles. The zero-order valence-corrected chi connectivity index (χ0v) is 13.8. The van der Waals surface area contributed by atoms with Gasteiger partial charge in [0, 0.05) is 6.42 Å². The molecule has 3 heteroatoms. The molecule has 3 N–H and O–H groups in total. The van der Waals surface area contributed by atoms with Gasteiger partial charge in [-0.1, -0.05) is 25.5 Å². The molecule has 0 spiro atoms. The van der Waals surface area contributed by atoms with E-state index in [1.165, 1.54) is 5.57 Å². The summed E-state index contributed by atoms with van der Waals surface area (Å²) >= 11 is 0. The van der Waals surface area contributed by atoms with Crippen LogP contribution in [0.2, 0.25) is 0 Å². The Morgan fingerprint density at radius 3 is 2.64 bits per heavy atom. The van der Waals surface area contributed by atoms with Crippen molar-refractivity contribution in [2.75, 3.05) is 0 Å². The van der Waals surface area contributed by atoms with Gasteiger partial charge < -0.3 is 15.3 Å². The van der Waals surface area contributed by atoms with Crippen molar-refractivity contribution < 1.29 is 15.3 Å². The van der Waals surface area contributed by atoms with Crippen LogP contribution in [0.5, 0.6) is 0 Å². The first kappa shape index (κ1) is 15.2. The molecule has 0 aliphatic heterocycles. The molecule has 0 bridgehead atoms. The number of aliphatic hydroxyl groups excluding tert-OH is 3. The van der Waals surface area contributed by atoms with E-state index >= 15 is 0 Å². The van der Waals surface area contributed by atoms with Crippen LogP contribution in [0, 0.1) is 28.6 Å². The normalized spacial score (nSPS) is 57.6. The summed E-state index contributed by atoms with van der Waals surface area (Å²) in [4.78, 5) is 0. The van der Waals surface area contributed by atoms with Crippen molar-refractivity contribution in [1.29, 1.82) is 0 Å². The third kappa shape index (κ3) is 1.85. The highest BCUT2D eigenvalue weighted by Gasteiger charge is 2.61. The minimum absolute atomic E-state index is 0.101. The maximum absolute atomic E-state index is 10.6. The Hall–Kier alpha value is -0.380. The SMILES string of the molecule is C[C@]12CCC(O)CC1=CC[C@@H]1[C@@H]2CC[C@]2(C)C(O)CC(O)[C@@H]12. The molecule has 4 aliphatic rings. The van der Waals surface area contributed by atoms with Crippen molar-refractivity contribution in [1.82, 2.24) is 0 Å². The summed E-state index contributed by atoms with van der Waals surface area (Å²) in [5, 5.41) is 31.1. The lowest BCUT2D eigenvalue weighted by atomic mass is 9.47. The average Bonchev–Trinajstić information content (AvgIpc) is 2.70. The molecule has 0 aromatic rings. The third-order valence-electron chi connectivity index (χ3n) is 8.01. The molecule has 0 saturated heterocycles. The van der Waals surface area contributed by atoms with E-state index in [0.29, 0.717) is 18.3 Å². The summed E-state index contributed by atoms with van der Waals surface area (Å²) in [6, 6.07) is 0. The third-order valence-corrected chi connectivity index (χ3v) is 8.01. The number of fused-ring (bicyclic) bond motifs is 5. The Bertz CT molecular complexity index is 501. The van der Waals surface area contributed by atoms with Gasteiger partial charge in [-0.15, -0.1) is 0 Å². The molecule has 124 valence electrons. The average molecular weight is 306 g/mol. The smallest absolute Gasteiger partial charge is 0.0622 e. The van der Waals surface area contributed by atoms with Gasteiger partial charge in [-0.05, 0) is 67.1 Å². The van der Waals surface area contributed by atoms with Crippen LogP contribution in [0.25, 0.3) is 0 Å². The molecule has 8 atom stereocenters. The Balaban J connectivity index is 1.70. The van der Waals surface area contributed by atoms with E-state index in [2.05, 4.69) is 19.9 Å². The number of hydrogen-bond acceptors (Lipinski definition) is 3. The second kappa shape index (κ2) is 4.81. The first-order chi connectivity index (χ1) is 10.4. The summed E-state index contributed by atoms with van der Waals surface area (Å²) in [5.74, 6) is 1.34. The largest absolute Gasteiger partial charge is 0.393 e. The van der Waals surface area contributed by atoms with Crippen LogP contribution in [-0.4, -0.2) is 33.6 Å². The predicted octanol–water partition coefficient (Wildman–Crippen LogP) is 2.64. The van der Waals surface area contributed by atoms with E-state index < -0.39 is 0 Å². The first-order valence-corrected chi connectivity index (χ1v) is 9.10. The van der Waals surface area contributed by atoms with Crippen LogP contribution < -0.4 is 0 Å². The summed E-state index contributed by atoms with van der Waals surface area (Å²) in [7, 11) is 0. The van der Waals surface area contributed by atoms with E-state index in [1.54, 1.807) is 0 Å². The van der Waals surface area contributed by atoms with E-state index in [9.17, 15) is 15.3 Å². The standard InChI is InChI=1S/C19H30O3/c1-18-7-5-12(20)9-11(18)3-4-13-14(18)6-8-19(2)16(22)10-15(21)17(13)19/h3,12-17,20-22H,4-10H2,1-2H3/t12?,13-,14+,15?,16?,17-,18+,19-/m1/s1. The summed E-state index contributed by atoms with van der Waals surface area (Å²) in [6.45, 7) is 4.59. The molecular weight excluding hydrogens is 276 g/mol. The predicted molar refractivity (Wildman–Crippen MR) is 85.1 cm³/mol. The molecule has 0 radical (unpaired) electrons. The van der Waals surface area contributed by atoms with Crippen LogP contribution in [0.15, 0.2) is 11.6 Å². The molecule has 0 aromatic heterocycles. The monoisotopic (exact) mass is 306 g/mol. The van der Waals surface area contributed by atoms with Crippen molar-refractivity contribution in [2.24, 2.45) is 28.6 Å². The van der Waals surface area contributed by atoms with Crippen molar-refractivity contribution in [3.63, 3.8) is 0 Å². The number of hydrogen-bond donors (Lipinski definition) is 3. The first-order valence-electron chi connectivity index (χ1n) is 9.10. The lowest BCUT2D eigenvalue weighted by molar-refractivity contribution is -0.0900. The van der Waals surface area contributed by atoms with E-state index in [0.717, 1.165) is 38.5 Å². The summed E-state index contributed by atoms with van der Waals surface area (Å²) < 4.78 is 0. The quantitative estimate of drug-likeness (QED) is 0.603. The lowest BCUT2D eigenvalue weighted by Gasteiger charge is -2.57. The highest BCUT2D eigenvalue weighted by atomic mass is 16.3. The Morgan fingerprint density at radius 1 is 1.09 bits per heavy atom. The highest BCUT2D eigenvalue weighted by molar-refractivity contribution is 5.25. The Kier molecular flexibility index (Phi) is 3.32. The molecule has 3 unspecified atom stereocenters. The van der Waals surface area contributed by atoms with Gasteiger partial charge in [0.1, 0.15) is 0 Å². The Morgan fingerprint density at radius 2 is 1.86 bits per heavy atom. The molecular formula is C19H30O3. The fourth-order valence-corrected chi connectivity index (χ4v) is 6.68. The number of allylic oxidation sites excluding steroid dienone is 1. The minimum Gasteiger partial charge on any atom is -0.393 e. The van der Waals surface area contributed by atoms with Crippen molar-refractivity contribution >= 4 is 0 Å². The van der Waals surface area contributed by atoms with Crippen LogP contribution in [-0.2, 0) is 0 Å². The van der Waals surface area contributed by atoms with Crippen molar-refractivity contribution in [2.45, 2.75) is 77.1 Å². The molecule has 0 amide bonds. The van der Waals surface area contributed by atoms with E-state index in [-0.39, 0.29) is 35.1 Å². The second-order valence-electron chi connectivity index (χ2n) is 8.94. The molecule has 0 aromatic carbocycles. The minimum atomic E-state index is -0.347. The highest BCUT2D eigenvalue weighted by Crippen LogP contribution is 2.64. The second-order valence-corrected chi connectivity index (χ2v) is 8.94. The molecule has 3 saturated carbocycles. The van der Waals surface area contributed by atoms with Gasteiger partial charge in [0.25, 0.3) is 0 Å². The van der Waals surface area contributed by atoms with E-state index in [4.69, 9.17) is 0 Å². The van der Waals surface area contributed by atoms with Gasteiger partial charge in [0.05, 0.1) is 18.3 Å². The van der Waals surface area contributed by atoms with Gasteiger partial charge in [0.2, 0.25) is 0 Å². The molecule has 3 nitrogen and oxygen atoms in total. The molecule has 4 rings (SSSR count). The van der Waals surface area contributed by atoms with Gasteiger partial charge in [-0.2, -0.15) is 0 Å². The zero-order chi connectivity index (χ0) is 15.7. The zero-order valence-electron chi connectivity index (χ0n) is 13.8. The topological polar surface area (TPSA) is 60.7 Å². The molecule has 3 fully saturated rings. The van der Waals surface area contributed by atoms with Crippen LogP contribution in [0.4, 0.5) is 0 Å². The molecule has 0 heterocycles. The van der Waals surface area contributed by atoms with Gasteiger partial charge >= 0.3 is 0 Å². The van der Waals surface area contributed by atoms with Crippen molar-refractivity contribution in [3.8, 4) is 0 Å². The van der Waals surface area contributed by atoms with Crippen LogP contribution in [0.3, 0.4) is 0 Å². The summed E-state index contributed by atoms with van der Waals surface area (Å²) in [6.07, 6.45) is 8.09. The number of rotatable bonds is 0. The van der Waals surface area contributed by atoms with Gasteiger partial charge in [0.15, 0.2) is 0 Å². The number of aliphatic hydroxyl groups is 3. The van der Waals surface area contributed by atoms with Crippen LogP contribution >= 0.6 is 0 Å². The van der Waals surface area contributed by atoms with Crippen LogP contribution in [0.1, 0.15) is 58.8 Å². The fraction of sp³-hybridized carbons (Fsp3) is 0.895.